The highest BCUT2D eigenvalue weighted by Crippen LogP contribution is 2.14. The molecule has 4 heteroatoms. The Morgan fingerprint density at radius 1 is 1.44 bits per heavy atom. The molecule has 1 atom stereocenters. The van der Waals surface area contributed by atoms with E-state index in [0.29, 0.717) is 5.76 Å². The highest BCUT2D eigenvalue weighted by molar-refractivity contribution is 5.88. The van der Waals surface area contributed by atoms with Crippen molar-refractivity contribution in [2.24, 2.45) is 0 Å². The number of hydrogen-bond acceptors (Lipinski definition) is 3. The van der Waals surface area contributed by atoms with Gasteiger partial charge in [-0.3, -0.25) is 0 Å². The fraction of sp³-hybridized carbons (Fsp3) is 0.643. The fourth-order valence-electron chi connectivity index (χ4n) is 1.80. The summed E-state index contributed by atoms with van der Waals surface area (Å²) in [7, 11) is 0. The first kappa shape index (κ1) is 14.8. The number of rotatable bonds is 9. The molecule has 1 rings (SSSR count). The van der Waals surface area contributed by atoms with E-state index < -0.39 is 5.97 Å². The lowest BCUT2D eigenvalue weighted by atomic mass is 10.1. The van der Waals surface area contributed by atoms with Crippen LogP contribution in [0.15, 0.2) is 16.7 Å². The van der Waals surface area contributed by atoms with Crippen molar-refractivity contribution in [2.75, 3.05) is 0 Å². The molecule has 0 aliphatic rings. The van der Waals surface area contributed by atoms with Crippen molar-refractivity contribution in [3.05, 3.63) is 23.7 Å². The van der Waals surface area contributed by atoms with Crippen LogP contribution in [0, 0.1) is 0 Å². The van der Waals surface area contributed by atoms with Gasteiger partial charge in [-0.25, -0.2) is 4.79 Å². The first-order chi connectivity index (χ1) is 8.65. The highest BCUT2D eigenvalue weighted by atomic mass is 16.5. The summed E-state index contributed by atoms with van der Waals surface area (Å²) in [5, 5.41) is 8.90. The lowest BCUT2D eigenvalue weighted by molar-refractivity contribution is 0.0345. The van der Waals surface area contributed by atoms with E-state index >= 15 is 0 Å². The molecule has 0 bridgehead atoms. The minimum atomic E-state index is -0.974. The van der Waals surface area contributed by atoms with E-state index in [2.05, 4.69) is 6.92 Å². The second kappa shape index (κ2) is 7.93. The Hall–Kier alpha value is -1.29. The summed E-state index contributed by atoms with van der Waals surface area (Å²) in [6, 6.07) is 1.45. The van der Waals surface area contributed by atoms with E-state index in [9.17, 15) is 4.79 Å². The minimum Gasteiger partial charge on any atom is -0.478 e. The molecular formula is C14H22O4. The largest absolute Gasteiger partial charge is 0.478 e. The summed E-state index contributed by atoms with van der Waals surface area (Å²) in [6.45, 7) is 4.42. The predicted molar refractivity (Wildman–Crippen MR) is 68.7 cm³/mol. The van der Waals surface area contributed by atoms with Gasteiger partial charge in [0.2, 0.25) is 0 Å². The molecule has 18 heavy (non-hydrogen) atoms. The van der Waals surface area contributed by atoms with Gasteiger partial charge < -0.3 is 14.3 Å². The predicted octanol–water partition coefficient (Wildman–Crippen LogP) is 3.85. The maximum Gasteiger partial charge on any atom is 0.339 e. The highest BCUT2D eigenvalue weighted by Gasteiger charge is 2.14. The van der Waals surface area contributed by atoms with Crippen LogP contribution in [-0.4, -0.2) is 17.2 Å². The second-order valence-electron chi connectivity index (χ2n) is 4.53. The van der Waals surface area contributed by atoms with Gasteiger partial charge in [-0.05, 0) is 19.4 Å². The lowest BCUT2D eigenvalue weighted by Gasteiger charge is -2.12. The molecule has 0 aliphatic carbocycles. The van der Waals surface area contributed by atoms with Crippen LogP contribution in [-0.2, 0) is 11.3 Å². The first-order valence-corrected chi connectivity index (χ1v) is 6.56. The molecule has 0 aromatic carbocycles. The summed E-state index contributed by atoms with van der Waals surface area (Å²) < 4.78 is 10.7. The van der Waals surface area contributed by atoms with Crippen molar-refractivity contribution in [2.45, 2.75) is 58.7 Å². The number of aromatic carboxylic acids is 1. The number of carboxylic acids is 1. The van der Waals surface area contributed by atoms with Gasteiger partial charge in [-0.15, -0.1) is 0 Å². The van der Waals surface area contributed by atoms with Gasteiger partial charge in [0.1, 0.15) is 17.9 Å². The van der Waals surface area contributed by atoms with Gasteiger partial charge in [-0.2, -0.15) is 0 Å². The van der Waals surface area contributed by atoms with E-state index in [1.54, 1.807) is 0 Å². The smallest absolute Gasteiger partial charge is 0.339 e. The van der Waals surface area contributed by atoms with Crippen LogP contribution in [0.25, 0.3) is 0 Å². The standard InChI is InChI=1S/C14H22O4/c1-3-4-5-6-7-11(2)18-10-13-12(14(15)16)8-9-17-13/h8-9,11H,3-7,10H2,1-2H3,(H,15,16). The Morgan fingerprint density at radius 3 is 2.89 bits per heavy atom. The molecule has 102 valence electrons. The molecular weight excluding hydrogens is 232 g/mol. The van der Waals surface area contributed by atoms with Crippen LogP contribution in [0.3, 0.4) is 0 Å². The van der Waals surface area contributed by atoms with E-state index in [-0.39, 0.29) is 18.3 Å². The van der Waals surface area contributed by atoms with Crippen LogP contribution in [0.5, 0.6) is 0 Å². The SMILES string of the molecule is CCCCCCC(C)OCc1occc1C(=O)O. The molecule has 1 aromatic rings. The van der Waals surface area contributed by atoms with Crippen molar-refractivity contribution < 1.29 is 19.1 Å². The third kappa shape index (κ3) is 4.92. The van der Waals surface area contributed by atoms with Gasteiger partial charge in [0.25, 0.3) is 0 Å². The molecule has 1 unspecified atom stereocenters. The van der Waals surface area contributed by atoms with Gasteiger partial charge in [0.15, 0.2) is 0 Å². The normalized spacial score (nSPS) is 12.6. The Morgan fingerprint density at radius 2 is 2.22 bits per heavy atom. The summed E-state index contributed by atoms with van der Waals surface area (Å²) in [6.07, 6.45) is 7.38. The maximum absolute atomic E-state index is 10.9. The van der Waals surface area contributed by atoms with Gasteiger partial charge in [-0.1, -0.05) is 32.6 Å². The Bertz CT molecular complexity index is 356. The number of furan rings is 1. The molecule has 0 aliphatic heterocycles. The molecule has 0 saturated carbocycles. The molecule has 0 radical (unpaired) electrons. The van der Waals surface area contributed by atoms with E-state index in [4.69, 9.17) is 14.3 Å². The molecule has 1 heterocycles. The summed E-state index contributed by atoms with van der Waals surface area (Å²) in [5.41, 5.74) is 0.188. The van der Waals surface area contributed by atoms with Crippen molar-refractivity contribution in [1.82, 2.24) is 0 Å². The van der Waals surface area contributed by atoms with Crippen LogP contribution in [0.2, 0.25) is 0 Å². The Kier molecular flexibility index (Phi) is 6.50. The van der Waals surface area contributed by atoms with Gasteiger partial charge in [0.05, 0.1) is 12.4 Å². The molecule has 0 saturated heterocycles. The first-order valence-electron chi connectivity index (χ1n) is 6.56. The molecule has 0 fully saturated rings. The number of carboxylic acid groups (broad SMARTS) is 1. The monoisotopic (exact) mass is 254 g/mol. The summed E-state index contributed by atoms with van der Waals surface area (Å²) >= 11 is 0. The van der Waals surface area contributed by atoms with Crippen molar-refractivity contribution in [1.29, 1.82) is 0 Å². The van der Waals surface area contributed by atoms with E-state index in [1.807, 2.05) is 6.92 Å². The van der Waals surface area contributed by atoms with Crippen molar-refractivity contribution in [3.63, 3.8) is 0 Å². The number of hydrogen-bond donors (Lipinski definition) is 1. The zero-order chi connectivity index (χ0) is 13.4. The third-order valence-corrected chi connectivity index (χ3v) is 2.94. The number of ether oxygens (including phenoxy) is 1. The van der Waals surface area contributed by atoms with E-state index in [1.165, 1.54) is 31.6 Å². The molecule has 0 spiro atoms. The Labute approximate surface area is 108 Å². The second-order valence-corrected chi connectivity index (χ2v) is 4.53. The van der Waals surface area contributed by atoms with Crippen molar-refractivity contribution in [3.8, 4) is 0 Å². The van der Waals surface area contributed by atoms with Crippen LogP contribution in [0.4, 0.5) is 0 Å². The summed E-state index contributed by atoms with van der Waals surface area (Å²) in [4.78, 5) is 10.9. The van der Waals surface area contributed by atoms with Crippen LogP contribution >= 0.6 is 0 Å². The molecule has 1 N–H and O–H groups in total. The average Bonchev–Trinajstić information content (AvgIpc) is 2.80. The zero-order valence-electron chi connectivity index (χ0n) is 11.1. The molecule has 0 amide bonds. The lowest BCUT2D eigenvalue weighted by Crippen LogP contribution is -2.09. The Balaban J connectivity index is 2.27. The quantitative estimate of drug-likeness (QED) is 0.680. The maximum atomic E-state index is 10.9. The minimum absolute atomic E-state index is 0.133. The summed E-state index contributed by atoms with van der Waals surface area (Å²) in [5.74, 6) is -0.583. The van der Waals surface area contributed by atoms with Crippen LogP contribution in [0.1, 0.15) is 62.1 Å². The average molecular weight is 254 g/mol. The van der Waals surface area contributed by atoms with E-state index in [0.717, 1.165) is 12.8 Å². The van der Waals surface area contributed by atoms with Gasteiger partial charge in [0, 0.05) is 0 Å². The van der Waals surface area contributed by atoms with Gasteiger partial charge >= 0.3 is 5.97 Å². The number of carbonyl (C=O) groups is 1. The molecule has 1 aromatic heterocycles. The van der Waals surface area contributed by atoms with Crippen molar-refractivity contribution >= 4 is 5.97 Å². The fourth-order valence-corrected chi connectivity index (χ4v) is 1.80. The zero-order valence-corrected chi connectivity index (χ0v) is 11.1. The third-order valence-electron chi connectivity index (χ3n) is 2.94. The number of unbranched alkanes of at least 4 members (excludes halogenated alkanes) is 3. The molecule has 4 nitrogen and oxygen atoms in total. The van der Waals surface area contributed by atoms with Crippen LogP contribution < -0.4 is 0 Å². The topological polar surface area (TPSA) is 59.7 Å².